The van der Waals surface area contributed by atoms with Crippen molar-refractivity contribution in [3.8, 4) is 0 Å². The zero-order valence-corrected chi connectivity index (χ0v) is 12.9. The van der Waals surface area contributed by atoms with E-state index < -0.39 is 10.0 Å². The molecule has 1 aliphatic heterocycles. The van der Waals surface area contributed by atoms with Gasteiger partial charge in [0, 0.05) is 37.0 Å². The number of hydrogen-bond donors (Lipinski definition) is 1. The first kappa shape index (κ1) is 14.9. The van der Waals surface area contributed by atoms with Crippen molar-refractivity contribution in [2.75, 3.05) is 26.7 Å². The predicted octanol–water partition coefficient (Wildman–Crippen LogP) is 1.27. The van der Waals surface area contributed by atoms with Crippen molar-refractivity contribution >= 4 is 21.4 Å². The van der Waals surface area contributed by atoms with Gasteiger partial charge in [-0.2, -0.15) is 4.31 Å². The van der Waals surface area contributed by atoms with Crippen LogP contribution in [0.1, 0.15) is 18.2 Å². The van der Waals surface area contributed by atoms with Gasteiger partial charge in [-0.05, 0) is 19.0 Å². The lowest BCUT2D eigenvalue weighted by Gasteiger charge is -2.15. The van der Waals surface area contributed by atoms with Crippen LogP contribution in [0.25, 0.3) is 0 Å². The number of rotatable bonds is 6. The first-order valence-electron chi connectivity index (χ1n) is 6.39. The van der Waals surface area contributed by atoms with Gasteiger partial charge in [0.15, 0.2) is 0 Å². The SMILES string of the molecule is CCNCc1cc(S(=O)(=O)N2CCC(OC)C2)cs1. The largest absolute Gasteiger partial charge is 0.380 e. The zero-order valence-electron chi connectivity index (χ0n) is 11.3. The third kappa shape index (κ3) is 3.35. The molecule has 2 heterocycles. The van der Waals surface area contributed by atoms with Crippen molar-refractivity contribution in [2.45, 2.75) is 30.9 Å². The minimum absolute atomic E-state index is 0.0228. The highest BCUT2D eigenvalue weighted by molar-refractivity contribution is 7.89. The maximum absolute atomic E-state index is 12.4. The summed E-state index contributed by atoms with van der Waals surface area (Å²) in [5.74, 6) is 0. The molecule has 1 aromatic rings. The molecule has 0 amide bonds. The molecule has 1 saturated heterocycles. The Morgan fingerprint density at radius 1 is 1.58 bits per heavy atom. The molecule has 0 bridgehead atoms. The second kappa shape index (κ2) is 6.32. The van der Waals surface area contributed by atoms with Crippen LogP contribution in [0.3, 0.4) is 0 Å². The van der Waals surface area contributed by atoms with Crippen LogP contribution < -0.4 is 5.32 Å². The molecule has 0 aromatic carbocycles. The summed E-state index contributed by atoms with van der Waals surface area (Å²) in [5.41, 5.74) is 0. The Morgan fingerprint density at radius 2 is 2.37 bits per heavy atom. The van der Waals surface area contributed by atoms with Gasteiger partial charge >= 0.3 is 0 Å². The maximum atomic E-state index is 12.4. The average molecular weight is 304 g/mol. The van der Waals surface area contributed by atoms with Crippen LogP contribution in [0.4, 0.5) is 0 Å². The van der Waals surface area contributed by atoms with Gasteiger partial charge in [-0.25, -0.2) is 8.42 Å². The first-order chi connectivity index (χ1) is 9.07. The molecule has 0 saturated carbocycles. The number of nitrogens with zero attached hydrogens (tertiary/aromatic N) is 1. The number of hydrogen-bond acceptors (Lipinski definition) is 5. The molecule has 1 unspecified atom stereocenters. The lowest BCUT2D eigenvalue weighted by Crippen LogP contribution is -2.29. The fourth-order valence-corrected chi connectivity index (χ4v) is 4.81. The minimum atomic E-state index is -3.35. The normalized spacial score (nSPS) is 21.1. The summed E-state index contributed by atoms with van der Waals surface area (Å²) in [4.78, 5) is 1.45. The van der Waals surface area contributed by atoms with Crippen molar-refractivity contribution in [2.24, 2.45) is 0 Å². The van der Waals surface area contributed by atoms with E-state index in [1.807, 2.05) is 6.92 Å². The predicted molar refractivity (Wildman–Crippen MR) is 75.9 cm³/mol. The van der Waals surface area contributed by atoms with E-state index >= 15 is 0 Å². The fourth-order valence-electron chi connectivity index (χ4n) is 2.09. The van der Waals surface area contributed by atoms with Crippen molar-refractivity contribution in [1.29, 1.82) is 0 Å². The number of sulfonamides is 1. The summed E-state index contributed by atoms with van der Waals surface area (Å²) in [6, 6.07) is 1.77. The van der Waals surface area contributed by atoms with Crippen LogP contribution in [-0.2, 0) is 21.3 Å². The second-order valence-corrected chi connectivity index (χ2v) is 7.47. The molecule has 0 radical (unpaired) electrons. The summed E-state index contributed by atoms with van der Waals surface area (Å²) in [5, 5.41) is 4.92. The topological polar surface area (TPSA) is 58.6 Å². The molecule has 108 valence electrons. The number of ether oxygens (including phenoxy) is 1. The Balaban J connectivity index is 2.09. The summed E-state index contributed by atoms with van der Waals surface area (Å²) in [7, 11) is -1.73. The molecule has 1 aromatic heterocycles. The van der Waals surface area contributed by atoms with E-state index in [4.69, 9.17) is 4.74 Å². The van der Waals surface area contributed by atoms with Gasteiger partial charge in [0.05, 0.1) is 11.0 Å². The van der Waals surface area contributed by atoms with E-state index in [2.05, 4.69) is 5.32 Å². The standard InChI is InChI=1S/C12H20N2O3S2/c1-3-13-7-11-6-12(9-18-11)19(15,16)14-5-4-10(8-14)17-2/h6,9-10,13H,3-5,7-8H2,1-2H3. The summed E-state index contributed by atoms with van der Waals surface area (Å²) in [6.07, 6.45) is 0.791. The molecule has 1 atom stereocenters. The molecule has 7 heteroatoms. The van der Waals surface area contributed by atoms with Crippen molar-refractivity contribution < 1.29 is 13.2 Å². The van der Waals surface area contributed by atoms with Gasteiger partial charge in [0.2, 0.25) is 10.0 Å². The molecular formula is C12H20N2O3S2. The monoisotopic (exact) mass is 304 g/mol. The Hall–Kier alpha value is -0.470. The van der Waals surface area contributed by atoms with Crippen LogP contribution in [0.2, 0.25) is 0 Å². The van der Waals surface area contributed by atoms with Crippen LogP contribution in [0.15, 0.2) is 16.3 Å². The molecule has 1 aliphatic rings. The third-order valence-electron chi connectivity index (χ3n) is 3.26. The molecule has 1 N–H and O–H groups in total. The van der Waals surface area contributed by atoms with Crippen LogP contribution in [0, 0.1) is 0 Å². The van der Waals surface area contributed by atoms with E-state index in [0.29, 0.717) is 18.0 Å². The van der Waals surface area contributed by atoms with Crippen LogP contribution in [0.5, 0.6) is 0 Å². The summed E-state index contributed by atoms with van der Waals surface area (Å²) < 4.78 is 31.6. The van der Waals surface area contributed by atoms with Gasteiger partial charge in [0.1, 0.15) is 0 Å². The molecule has 2 rings (SSSR count). The Labute approximate surface area is 118 Å². The highest BCUT2D eigenvalue weighted by Gasteiger charge is 2.33. The molecule has 0 aliphatic carbocycles. The minimum Gasteiger partial charge on any atom is -0.380 e. The highest BCUT2D eigenvalue weighted by Crippen LogP contribution is 2.26. The Morgan fingerprint density at radius 3 is 3.00 bits per heavy atom. The zero-order chi connectivity index (χ0) is 13.9. The summed E-state index contributed by atoms with van der Waals surface area (Å²) in [6.45, 7) is 4.62. The van der Waals surface area contributed by atoms with Crippen molar-refractivity contribution in [1.82, 2.24) is 9.62 Å². The number of nitrogens with one attached hydrogen (secondary N) is 1. The van der Waals surface area contributed by atoms with Gasteiger partial charge in [-0.3, -0.25) is 0 Å². The van der Waals surface area contributed by atoms with Crippen LogP contribution in [-0.4, -0.2) is 45.6 Å². The smallest absolute Gasteiger partial charge is 0.243 e. The molecule has 19 heavy (non-hydrogen) atoms. The highest BCUT2D eigenvalue weighted by atomic mass is 32.2. The molecule has 5 nitrogen and oxygen atoms in total. The lowest BCUT2D eigenvalue weighted by molar-refractivity contribution is 0.115. The Kier molecular flexibility index (Phi) is 4.97. The second-order valence-electron chi connectivity index (χ2n) is 4.54. The molecular weight excluding hydrogens is 284 g/mol. The van der Waals surface area contributed by atoms with E-state index in [1.54, 1.807) is 18.6 Å². The van der Waals surface area contributed by atoms with E-state index in [-0.39, 0.29) is 6.10 Å². The van der Waals surface area contributed by atoms with Gasteiger partial charge in [-0.1, -0.05) is 6.92 Å². The first-order valence-corrected chi connectivity index (χ1v) is 8.71. The molecule has 1 fully saturated rings. The lowest BCUT2D eigenvalue weighted by atomic mass is 10.3. The van der Waals surface area contributed by atoms with Gasteiger partial charge in [0.25, 0.3) is 0 Å². The van der Waals surface area contributed by atoms with E-state index in [0.717, 1.165) is 24.4 Å². The average Bonchev–Trinajstić information content (AvgIpc) is 3.05. The summed E-state index contributed by atoms with van der Waals surface area (Å²) >= 11 is 1.48. The van der Waals surface area contributed by atoms with E-state index in [9.17, 15) is 8.42 Å². The number of methoxy groups -OCH3 is 1. The quantitative estimate of drug-likeness (QED) is 0.860. The van der Waals surface area contributed by atoms with Gasteiger partial charge in [-0.15, -0.1) is 11.3 Å². The van der Waals surface area contributed by atoms with Crippen LogP contribution >= 0.6 is 11.3 Å². The third-order valence-corrected chi connectivity index (χ3v) is 6.19. The van der Waals surface area contributed by atoms with Gasteiger partial charge < -0.3 is 10.1 Å². The maximum Gasteiger partial charge on any atom is 0.243 e. The Bertz CT molecular complexity index is 513. The number of thiophene rings is 1. The van der Waals surface area contributed by atoms with Crippen molar-refractivity contribution in [3.63, 3.8) is 0 Å². The van der Waals surface area contributed by atoms with E-state index in [1.165, 1.54) is 15.6 Å². The molecule has 0 spiro atoms. The van der Waals surface area contributed by atoms with Crippen molar-refractivity contribution in [3.05, 3.63) is 16.3 Å². The fraction of sp³-hybridized carbons (Fsp3) is 0.667.